The van der Waals surface area contributed by atoms with Gasteiger partial charge in [0.2, 0.25) is 5.91 Å². The van der Waals surface area contributed by atoms with Gasteiger partial charge in [0.05, 0.1) is 0 Å². The normalized spacial score (nSPS) is 10.9. The van der Waals surface area contributed by atoms with Crippen LogP contribution in [0.4, 0.5) is 4.79 Å². The number of carboxylic acids is 1. The van der Waals surface area contributed by atoms with Gasteiger partial charge in [-0.05, 0) is 26.7 Å². The van der Waals surface area contributed by atoms with Crippen LogP contribution in [0, 0.1) is 0 Å². The van der Waals surface area contributed by atoms with Gasteiger partial charge in [0.1, 0.15) is 6.54 Å². The molecule has 0 aromatic rings. The van der Waals surface area contributed by atoms with Gasteiger partial charge in [-0.3, -0.25) is 9.59 Å². The van der Waals surface area contributed by atoms with Gasteiger partial charge in [-0.2, -0.15) is 0 Å². The molecule has 0 fully saturated rings. The van der Waals surface area contributed by atoms with Crippen LogP contribution in [0.5, 0.6) is 0 Å². The van der Waals surface area contributed by atoms with Crippen molar-refractivity contribution in [1.82, 2.24) is 10.2 Å². The monoisotopic (exact) mass is 287 g/mol. The molecule has 7 heteroatoms. The van der Waals surface area contributed by atoms with E-state index in [-0.39, 0.29) is 13.0 Å². The fourth-order valence-electron chi connectivity index (χ4n) is 1.64. The molecule has 0 rings (SSSR count). The predicted molar refractivity (Wildman–Crippen MR) is 75.2 cm³/mol. The molecule has 0 aromatic heterocycles. The van der Waals surface area contributed by atoms with Crippen molar-refractivity contribution < 1.29 is 19.5 Å². The largest absolute Gasteiger partial charge is 0.481 e. The van der Waals surface area contributed by atoms with E-state index in [2.05, 4.69) is 5.32 Å². The number of amides is 3. The van der Waals surface area contributed by atoms with E-state index in [0.29, 0.717) is 13.0 Å². The van der Waals surface area contributed by atoms with Gasteiger partial charge in [0.15, 0.2) is 0 Å². The van der Waals surface area contributed by atoms with Crippen molar-refractivity contribution in [1.29, 1.82) is 0 Å². The van der Waals surface area contributed by atoms with E-state index < -0.39 is 23.4 Å². The second-order valence-corrected chi connectivity index (χ2v) is 5.45. The summed E-state index contributed by atoms with van der Waals surface area (Å²) in [5.41, 5.74) is 4.47. The summed E-state index contributed by atoms with van der Waals surface area (Å²) in [6.45, 7) is 5.78. The molecule has 0 saturated heterocycles. The number of nitrogens with one attached hydrogen (secondary N) is 1. The number of urea groups is 1. The summed E-state index contributed by atoms with van der Waals surface area (Å²) < 4.78 is 0. The number of nitrogens with zero attached hydrogens (tertiary/aromatic N) is 1. The van der Waals surface area contributed by atoms with E-state index >= 15 is 0 Å². The van der Waals surface area contributed by atoms with Gasteiger partial charge in [0.25, 0.3) is 0 Å². The molecule has 0 aliphatic heterocycles. The molecule has 7 nitrogen and oxygen atoms in total. The van der Waals surface area contributed by atoms with E-state index in [9.17, 15) is 14.4 Å². The number of hydrogen-bond acceptors (Lipinski definition) is 3. The van der Waals surface area contributed by atoms with Crippen LogP contribution < -0.4 is 11.1 Å². The number of carbonyl (C=O) groups is 3. The van der Waals surface area contributed by atoms with Gasteiger partial charge < -0.3 is 21.1 Å². The molecular weight excluding hydrogens is 262 g/mol. The number of rotatable bonds is 9. The first-order chi connectivity index (χ1) is 9.18. The average molecular weight is 287 g/mol. The van der Waals surface area contributed by atoms with Gasteiger partial charge >= 0.3 is 12.0 Å². The fraction of sp³-hybridized carbons (Fsp3) is 0.769. The van der Waals surface area contributed by atoms with Crippen LogP contribution in [0.15, 0.2) is 0 Å². The molecule has 0 spiro atoms. The Balaban J connectivity index is 4.55. The third-order valence-corrected chi connectivity index (χ3v) is 2.82. The van der Waals surface area contributed by atoms with Crippen molar-refractivity contribution in [2.75, 3.05) is 13.1 Å². The molecule has 0 unspecified atom stereocenters. The number of aliphatic carboxylic acids is 1. The maximum absolute atomic E-state index is 12.1. The minimum absolute atomic E-state index is 0.0297. The van der Waals surface area contributed by atoms with E-state index in [0.717, 1.165) is 12.8 Å². The number of nitrogens with two attached hydrogens (primary N) is 1. The summed E-state index contributed by atoms with van der Waals surface area (Å²) >= 11 is 0. The van der Waals surface area contributed by atoms with E-state index in [1.165, 1.54) is 4.90 Å². The van der Waals surface area contributed by atoms with Gasteiger partial charge in [-0.15, -0.1) is 0 Å². The Bertz CT molecular complexity index is 356. The molecule has 0 radical (unpaired) electrons. The molecule has 0 aliphatic rings. The van der Waals surface area contributed by atoms with Crippen LogP contribution in [0.3, 0.4) is 0 Å². The second-order valence-electron chi connectivity index (χ2n) is 5.45. The number of unbranched alkanes of at least 4 members (excludes halogenated alkanes) is 1. The highest BCUT2D eigenvalue weighted by Gasteiger charge is 2.25. The van der Waals surface area contributed by atoms with Crippen molar-refractivity contribution >= 4 is 17.9 Å². The van der Waals surface area contributed by atoms with Crippen molar-refractivity contribution in [3.8, 4) is 0 Å². The van der Waals surface area contributed by atoms with Gasteiger partial charge in [0, 0.05) is 18.5 Å². The summed E-state index contributed by atoms with van der Waals surface area (Å²) in [6.07, 6.45) is 1.95. The molecular formula is C13H25N3O4. The summed E-state index contributed by atoms with van der Waals surface area (Å²) in [4.78, 5) is 35.0. The highest BCUT2D eigenvalue weighted by Crippen LogP contribution is 2.12. The van der Waals surface area contributed by atoms with Crippen LogP contribution in [0.1, 0.15) is 46.5 Å². The smallest absolute Gasteiger partial charge is 0.318 e. The molecule has 0 atom stereocenters. The summed E-state index contributed by atoms with van der Waals surface area (Å²) in [7, 11) is 0. The van der Waals surface area contributed by atoms with Crippen LogP contribution in [-0.2, 0) is 9.59 Å². The lowest BCUT2D eigenvalue weighted by Crippen LogP contribution is -2.52. The number of primary amides is 1. The van der Waals surface area contributed by atoms with Crippen molar-refractivity contribution in [3.05, 3.63) is 0 Å². The topological polar surface area (TPSA) is 113 Å². The Labute approximate surface area is 119 Å². The van der Waals surface area contributed by atoms with Crippen LogP contribution in [0.2, 0.25) is 0 Å². The summed E-state index contributed by atoms with van der Waals surface area (Å²) in [5.74, 6) is -1.48. The lowest BCUT2D eigenvalue weighted by molar-refractivity contribution is -0.137. The fourth-order valence-corrected chi connectivity index (χ4v) is 1.64. The zero-order valence-electron chi connectivity index (χ0n) is 12.4. The molecule has 20 heavy (non-hydrogen) atoms. The molecule has 3 amide bonds. The summed E-state index contributed by atoms with van der Waals surface area (Å²) in [5, 5.41) is 11.4. The van der Waals surface area contributed by atoms with Crippen molar-refractivity contribution in [2.24, 2.45) is 5.73 Å². The molecule has 0 saturated carbocycles. The lowest BCUT2D eigenvalue weighted by Gasteiger charge is -2.30. The van der Waals surface area contributed by atoms with Crippen LogP contribution in [0.25, 0.3) is 0 Å². The molecule has 0 heterocycles. The molecule has 4 N–H and O–H groups in total. The predicted octanol–water partition coefficient (Wildman–Crippen LogP) is 0.927. The van der Waals surface area contributed by atoms with Gasteiger partial charge in [-0.25, -0.2) is 4.79 Å². The highest BCUT2D eigenvalue weighted by atomic mass is 16.4. The third-order valence-electron chi connectivity index (χ3n) is 2.82. The third kappa shape index (κ3) is 8.34. The van der Waals surface area contributed by atoms with E-state index in [1.807, 2.05) is 6.92 Å². The standard InChI is InChI=1S/C13H25N3O4/c1-4-5-8-16(9-10(14)17)12(20)15-13(2,3)7-6-11(18)19/h4-9H2,1-3H3,(H2,14,17)(H,15,20)(H,18,19). The Morgan fingerprint density at radius 2 is 1.90 bits per heavy atom. The zero-order valence-corrected chi connectivity index (χ0v) is 12.4. The minimum Gasteiger partial charge on any atom is -0.481 e. The maximum atomic E-state index is 12.1. The molecule has 0 aliphatic carbocycles. The first-order valence-corrected chi connectivity index (χ1v) is 6.75. The Morgan fingerprint density at radius 1 is 1.30 bits per heavy atom. The summed E-state index contributed by atoms with van der Waals surface area (Å²) in [6, 6.07) is -0.396. The number of hydrogen-bond donors (Lipinski definition) is 3. The average Bonchev–Trinajstić information content (AvgIpc) is 2.31. The first kappa shape index (κ1) is 18.2. The van der Waals surface area contributed by atoms with Crippen LogP contribution in [-0.4, -0.2) is 46.5 Å². The van der Waals surface area contributed by atoms with Crippen molar-refractivity contribution in [3.63, 3.8) is 0 Å². The number of carboxylic acid groups (broad SMARTS) is 1. The molecule has 0 aromatic carbocycles. The Hall–Kier alpha value is -1.79. The SMILES string of the molecule is CCCCN(CC(N)=O)C(=O)NC(C)(C)CCC(=O)O. The Morgan fingerprint density at radius 3 is 2.35 bits per heavy atom. The first-order valence-electron chi connectivity index (χ1n) is 6.75. The van der Waals surface area contributed by atoms with Gasteiger partial charge in [-0.1, -0.05) is 13.3 Å². The highest BCUT2D eigenvalue weighted by molar-refractivity contribution is 5.83. The van der Waals surface area contributed by atoms with Crippen molar-refractivity contribution in [2.45, 2.75) is 52.0 Å². The zero-order chi connectivity index (χ0) is 15.8. The van der Waals surface area contributed by atoms with E-state index in [1.54, 1.807) is 13.8 Å². The second kappa shape index (κ2) is 8.39. The molecule has 116 valence electrons. The van der Waals surface area contributed by atoms with E-state index in [4.69, 9.17) is 10.8 Å². The minimum atomic E-state index is -0.910. The maximum Gasteiger partial charge on any atom is 0.318 e. The quantitative estimate of drug-likeness (QED) is 0.585. The number of carbonyl (C=O) groups excluding carboxylic acids is 2. The Kier molecular flexibility index (Phi) is 7.64. The lowest BCUT2D eigenvalue weighted by atomic mass is 9.99. The van der Waals surface area contributed by atoms with Crippen LogP contribution >= 0.6 is 0 Å². The molecule has 0 bridgehead atoms.